The second kappa shape index (κ2) is 9.16. The second-order valence-electron chi connectivity index (χ2n) is 6.08. The predicted octanol–water partition coefficient (Wildman–Crippen LogP) is 2.34. The van der Waals surface area contributed by atoms with Gasteiger partial charge in [0.05, 0.1) is 12.6 Å². The van der Waals surface area contributed by atoms with Crippen LogP contribution in [0.3, 0.4) is 0 Å². The summed E-state index contributed by atoms with van der Waals surface area (Å²) in [6.07, 6.45) is 0. The number of carbonyl (C=O) groups excluding carboxylic acids is 3. The lowest BCUT2D eigenvalue weighted by Gasteiger charge is -2.23. The molecule has 0 heterocycles. The number of primary amides is 1. The van der Waals surface area contributed by atoms with Crippen molar-refractivity contribution >= 4 is 40.7 Å². The minimum atomic E-state index is -0.545. The number of rotatable bonds is 7. The number of nitrogens with two attached hydrogens (primary N) is 1. The van der Waals surface area contributed by atoms with Crippen molar-refractivity contribution in [2.75, 3.05) is 24.2 Å². The molecule has 3 amide bonds. The highest BCUT2D eigenvalue weighted by atomic mass is 35.5. The molecule has 0 fully saturated rings. The average molecular weight is 389 g/mol. The fraction of sp³-hybridized carbons (Fsp3) is 0.211. The number of nitrogens with zero attached hydrogens (tertiary/aromatic N) is 1. The van der Waals surface area contributed by atoms with Crippen molar-refractivity contribution in [3.05, 3.63) is 59.1 Å². The normalized spacial score (nSPS) is 11.7. The smallest absolute Gasteiger partial charge is 0.248 e. The summed E-state index contributed by atoms with van der Waals surface area (Å²) in [6, 6.07) is 12.5. The summed E-state index contributed by atoms with van der Waals surface area (Å²) < 4.78 is 0. The first kappa shape index (κ1) is 20.4. The molecular weight excluding hydrogens is 368 g/mol. The Balaban J connectivity index is 1.88. The molecule has 0 unspecified atom stereocenters. The maximum Gasteiger partial charge on any atom is 0.248 e. The Hall–Kier alpha value is -2.90. The second-order valence-corrected chi connectivity index (χ2v) is 6.51. The minimum absolute atomic E-state index is 0.0395. The first-order chi connectivity index (χ1) is 12.8. The molecule has 2 rings (SSSR count). The van der Waals surface area contributed by atoms with E-state index >= 15 is 0 Å². The molecule has 8 heteroatoms. The number of amides is 3. The number of hydrogen-bond donors (Lipinski definition) is 3. The Morgan fingerprint density at radius 3 is 2.07 bits per heavy atom. The molecule has 27 heavy (non-hydrogen) atoms. The van der Waals surface area contributed by atoms with Crippen molar-refractivity contribution in [3.63, 3.8) is 0 Å². The molecule has 0 bridgehead atoms. The van der Waals surface area contributed by atoms with Crippen LogP contribution in [0.15, 0.2) is 48.5 Å². The molecule has 2 aromatic rings. The summed E-state index contributed by atoms with van der Waals surface area (Å²) >= 11 is 5.81. The Morgan fingerprint density at radius 2 is 1.52 bits per heavy atom. The molecule has 1 atom stereocenters. The van der Waals surface area contributed by atoms with Crippen molar-refractivity contribution in [1.82, 2.24) is 4.90 Å². The third-order valence-corrected chi connectivity index (χ3v) is 4.25. The van der Waals surface area contributed by atoms with Gasteiger partial charge >= 0.3 is 0 Å². The molecule has 0 aliphatic rings. The van der Waals surface area contributed by atoms with E-state index in [4.69, 9.17) is 17.3 Å². The van der Waals surface area contributed by atoms with Gasteiger partial charge in [0.25, 0.3) is 0 Å². The van der Waals surface area contributed by atoms with E-state index in [1.54, 1.807) is 55.3 Å². The lowest BCUT2D eigenvalue weighted by molar-refractivity contribution is -0.122. The molecule has 0 saturated carbocycles. The molecule has 2 aromatic carbocycles. The first-order valence-electron chi connectivity index (χ1n) is 8.22. The topological polar surface area (TPSA) is 105 Å². The number of benzene rings is 2. The van der Waals surface area contributed by atoms with Crippen LogP contribution in [0.2, 0.25) is 5.02 Å². The highest BCUT2D eigenvalue weighted by molar-refractivity contribution is 6.30. The van der Waals surface area contributed by atoms with E-state index in [1.165, 1.54) is 12.1 Å². The van der Waals surface area contributed by atoms with Crippen LogP contribution in [0.1, 0.15) is 17.3 Å². The molecule has 142 valence electrons. The Morgan fingerprint density at radius 1 is 1.00 bits per heavy atom. The van der Waals surface area contributed by atoms with Crippen LogP contribution < -0.4 is 16.4 Å². The molecule has 7 nitrogen and oxygen atoms in total. The van der Waals surface area contributed by atoms with Crippen LogP contribution >= 0.6 is 11.6 Å². The third kappa shape index (κ3) is 6.09. The summed E-state index contributed by atoms with van der Waals surface area (Å²) in [7, 11) is 1.68. The van der Waals surface area contributed by atoms with Crippen LogP contribution in [0.5, 0.6) is 0 Å². The summed E-state index contributed by atoms with van der Waals surface area (Å²) in [5.41, 5.74) is 6.71. The van der Waals surface area contributed by atoms with Gasteiger partial charge in [0, 0.05) is 22.0 Å². The van der Waals surface area contributed by atoms with Gasteiger partial charge in [0.1, 0.15) is 0 Å². The molecule has 0 aromatic heterocycles. The SMILES string of the molecule is C[C@H](C(=O)Nc1ccc(C(N)=O)cc1)N(C)CC(=O)Nc1ccc(Cl)cc1. The predicted molar refractivity (Wildman–Crippen MR) is 106 cm³/mol. The summed E-state index contributed by atoms with van der Waals surface area (Å²) in [5.74, 6) is -1.05. The maximum atomic E-state index is 12.4. The number of hydrogen-bond acceptors (Lipinski definition) is 4. The zero-order valence-corrected chi connectivity index (χ0v) is 15.8. The van der Waals surface area contributed by atoms with Gasteiger partial charge in [-0.15, -0.1) is 0 Å². The van der Waals surface area contributed by atoms with Crippen molar-refractivity contribution < 1.29 is 14.4 Å². The van der Waals surface area contributed by atoms with E-state index in [9.17, 15) is 14.4 Å². The summed E-state index contributed by atoms with van der Waals surface area (Å²) in [5, 5.41) is 6.07. The van der Waals surface area contributed by atoms with Gasteiger partial charge in [0.15, 0.2) is 0 Å². The van der Waals surface area contributed by atoms with Crippen LogP contribution in [-0.4, -0.2) is 42.3 Å². The van der Waals surface area contributed by atoms with E-state index in [-0.39, 0.29) is 18.4 Å². The minimum Gasteiger partial charge on any atom is -0.366 e. The number of nitrogens with one attached hydrogen (secondary N) is 2. The van der Waals surface area contributed by atoms with E-state index in [2.05, 4.69) is 10.6 Å². The van der Waals surface area contributed by atoms with Gasteiger partial charge < -0.3 is 16.4 Å². The van der Waals surface area contributed by atoms with Crippen molar-refractivity contribution in [1.29, 1.82) is 0 Å². The zero-order chi connectivity index (χ0) is 20.0. The van der Waals surface area contributed by atoms with E-state index in [1.807, 2.05) is 0 Å². The van der Waals surface area contributed by atoms with Gasteiger partial charge in [-0.1, -0.05) is 11.6 Å². The van der Waals surface area contributed by atoms with Gasteiger partial charge in [-0.3, -0.25) is 19.3 Å². The van der Waals surface area contributed by atoms with Crippen molar-refractivity contribution in [2.24, 2.45) is 5.73 Å². The lowest BCUT2D eigenvalue weighted by Crippen LogP contribution is -2.43. The average Bonchev–Trinajstić information content (AvgIpc) is 2.63. The number of carbonyl (C=O) groups is 3. The quantitative estimate of drug-likeness (QED) is 0.677. The highest BCUT2D eigenvalue weighted by Gasteiger charge is 2.20. The number of halogens is 1. The molecule has 0 aliphatic carbocycles. The molecule has 0 spiro atoms. The monoisotopic (exact) mass is 388 g/mol. The van der Waals surface area contributed by atoms with Gasteiger partial charge in [-0.2, -0.15) is 0 Å². The van der Waals surface area contributed by atoms with Crippen molar-refractivity contribution in [2.45, 2.75) is 13.0 Å². The largest absolute Gasteiger partial charge is 0.366 e. The van der Waals surface area contributed by atoms with Gasteiger partial charge in [-0.05, 0) is 62.5 Å². The van der Waals surface area contributed by atoms with Crippen LogP contribution in [0.25, 0.3) is 0 Å². The molecular formula is C19H21ClN4O3. The summed E-state index contributed by atoms with van der Waals surface area (Å²) in [4.78, 5) is 37.2. The first-order valence-corrected chi connectivity index (χ1v) is 8.60. The molecule has 0 aliphatic heterocycles. The summed E-state index contributed by atoms with van der Waals surface area (Å²) in [6.45, 7) is 1.74. The Kier molecular flexibility index (Phi) is 6.92. The van der Waals surface area contributed by atoms with Crippen molar-refractivity contribution in [3.8, 4) is 0 Å². The highest BCUT2D eigenvalue weighted by Crippen LogP contribution is 2.14. The molecule has 0 saturated heterocycles. The fourth-order valence-corrected chi connectivity index (χ4v) is 2.39. The zero-order valence-electron chi connectivity index (χ0n) is 15.0. The lowest BCUT2D eigenvalue weighted by atomic mass is 10.2. The number of likely N-dealkylation sites (N-methyl/N-ethyl adjacent to an activating group) is 1. The van der Waals surface area contributed by atoms with E-state index < -0.39 is 11.9 Å². The van der Waals surface area contributed by atoms with E-state index in [0.717, 1.165) is 0 Å². The molecule has 0 radical (unpaired) electrons. The van der Waals surface area contributed by atoms with Crippen LogP contribution in [0, 0.1) is 0 Å². The van der Waals surface area contributed by atoms with Crippen LogP contribution in [-0.2, 0) is 9.59 Å². The maximum absolute atomic E-state index is 12.4. The fourth-order valence-electron chi connectivity index (χ4n) is 2.26. The Labute approximate surface area is 162 Å². The Bertz CT molecular complexity index is 822. The van der Waals surface area contributed by atoms with Gasteiger partial charge in [0.2, 0.25) is 17.7 Å². The molecule has 4 N–H and O–H groups in total. The number of anilines is 2. The van der Waals surface area contributed by atoms with Crippen LogP contribution in [0.4, 0.5) is 11.4 Å². The van der Waals surface area contributed by atoms with Gasteiger partial charge in [-0.25, -0.2) is 0 Å². The standard InChI is InChI=1S/C19H21ClN4O3/c1-12(19(27)23-16-7-3-13(4-8-16)18(21)26)24(2)11-17(25)22-15-9-5-14(20)6-10-15/h3-10,12H,11H2,1-2H3,(H2,21,26)(H,22,25)(H,23,27)/t12-/m1/s1. The van der Waals surface area contributed by atoms with E-state index in [0.29, 0.717) is 22.0 Å². The third-order valence-electron chi connectivity index (χ3n) is 4.00.